The lowest BCUT2D eigenvalue weighted by atomic mass is 10.3. The van der Waals surface area contributed by atoms with Gasteiger partial charge in [0.1, 0.15) is 4.90 Å². The van der Waals surface area contributed by atoms with Crippen molar-refractivity contribution in [2.24, 2.45) is 5.73 Å². The molecule has 1 aliphatic rings. The average Bonchev–Trinajstić information content (AvgIpc) is 2.73. The van der Waals surface area contributed by atoms with Crippen LogP contribution in [-0.2, 0) is 10.0 Å². The maximum absolute atomic E-state index is 13.5. The number of nitrogens with zero attached hydrogens (tertiary/aromatic N) is 1. The third-order valence-electron chi connectivity index (χ3n) is 2.81. The third-order valence-corrected chi connectivity index (χ3v) is 5.49. The van der Waals surface area contributed by atoms with Crippen LogP contribution in [0.3, 0.4) is 0 Å². The fraction of sp³-hybridized carbons (Fsp3) is 0.400. The van der Waals surface area contributed by atoms with E-state index in [-0.39, 0.29) is 22.5 Å². The zero-order valence-corrected chi connectivity index (χ0v) is 11.6. The minimum Gasteiger partial charge on any atom is -0.326 e. The number of benzene rings is 1. The Morgan fingerprint density at radius 2 is 2.06 bits per heavy atom. The van der Waals surface area contributed by atoms with Crippen molar-refractivity contribution < 1.29 is 12.8 Å². The molecule has 1 heterocycles. The number of hydrogen-bond acceptors (Lipinski definition) is 3. The molecule has 8 heteroatoms. The van der Waals surface area contributed by atoms with E-state index < -0.39 is 20.9 Å². The first-order chi connectivity index (χ1) is 8.34. The summed E-state index contributed by atoms with van der Waals surface area (Å²) in [6, 6.07) is 2.18. The molecular formula is C10H11Cl2FN2O2S. The summed E-state index contributed by atoms with van der Waals surface area (Å²) in [5.41, 5.74) is 5.66. The molecule has 2 rings (SSSR count). The Morgan fingerprint density at radius 1 is 1.39 bits per heavy atom. The summed E-state index contributed by atoms with van der Waals surface area (Å²) in [6.07, 6.45) is 0.576. The highest BCUT2D eigenvalue weighted by Gasteiger charge is 2.33. The van der Waals surface area contributed by atoms with Crippen molar-refractivity contribution in [2.45, 2.75) is 17.4 Å². The minimum atomic E-state index is -3.82. The van der Waals surface area contributed by atoms with E-state index in [0.29, 0.717) is 13.0 Å². The van der Waals surface area contributed by atoms with Crippen LogP contribution in [-0.4, -0.2) is 31.9 Å². The van der Waals surface area contributed by atoms with E-state index >= 15 is 0 Å². The van der Waals surface area contributed by atoms with Gasteiger partial charge in [0, 0.05) is 19.1 Å². The van der Waals surface area contributed by atoms with Crippen molar-refractivity contribution >= 4 is 33.2 Å². The zero-order chi connectivity index (χ0) is 13.5. The Morgan fingerprint density at radius 3 is 2.61 bits per heavy atom. The highest BCUT2D eigenvalue weighted by atomic mass is 35.5. The van der Waals surface area contributed by atoms with Crippen LogP contribution in [0, 0.1) is 5.82 Å². The summed E-state index contributed by atoms with van der Waals surface area (Å²) in [7, 11) is -3.82. The molecule has 1 aromatic carbocycles. The van der Waals surface area contributed by atoms with Crippen molar-refractivity contribution in [3.63, 3.8) is 0 Å². The van der Waals surface area contributed by atoms with E-state index in [1.165, 1.54) is 16.4 Å². The molecule has 0 aliphatic carbocycles. The quantitative estimate of drug-likeness (QED) is 0.848. The summed E-state index contributed by atoms with van der Waals surface area (Å²) in [5.74, 6) is -0.928. The lowest BCUT2D eigenvalue weighted by molar-refractivity contribution is 0.471. The number of halogens is 3. The number of sulfonamides is 1. The highest BCUT2D eigenvalue weighted by molar-refractivity contribution is 7.89. The molecule has 100 valence electrons. The minimum absolute atomic E-state index is 0.198. The highest BCUT2D eigenvalue weighted by Crippen LogP contribution is 2.32. The Labute approximate surface area is 115 Å². The van der Waals surface area contributed by atoms with Gasteiger partial charge in [0.2, 0.25) is 10.0 Å². The van der Waals surface area contributed by atoms with Gasteiger partial charge < -0.3 is 5.73 Å². The summed E-state index contributed by atoms with van der Waals surface area (Å²) in [5, 5.41) is -0.694. The molecular weight excluding hydrogens is 302 g/mol. The molecule has 0 aromatic heterocycles. The van der Waals surface area contributed by atoms with Gasteiger partial charge in [-0.15, -0.1) is 0 Å². The van der Waals surface area contributed by atoms with Crippen molar-refractivity contribution in [3.8, 4) is 0 Å². The first kappa shape index (κ1) is 14.0. The van der Waals surface area contributed by atoms with E-state index in [1.54, 1.807) is 0 Å². The molecule has 1 atom stereocenters. The first-order valence-corrected chi connectivity index (χ1v) is 7.43. The second-order valence-electron chi connectivity index (χ2n) is 4.09. The van der Waals surface area contributed by atoms with Crippen LogP contribution in [0.4, 0.5) is 4.39 Å². The normalized spacial score (nSPS) is 21.4. The van der Waals surface area contributed by atoms with Crippen LogP contribution in [0.2, 0.25) is 10.0 Å². The van der Waals surface area contributed by atoms with Crippen LogP contribution in [0.15, 0.2) is 17.0 Å². The van der Waals surface area contributed by atoms with Gasteiger partial charge >= 0.3 is 0 Å². The smallest absolute Gasteiger partial charge is 0.244 e. The molecule has 1 fully saturated rings. The summed E-state index contributed by atoms with van der Waals surface area (Å²) in [6.45, 7) is 0.521. The Kier molecular flexibility index (Phi) is 3.85. The zero-order valence-electron chi connectivity index (χ0n) is 9.24. The van der Waals surface area contributed by atoms with Crippen LogP contribution in [0.1, 0.15) is 6.42 Å². The van der Waals surface area contributed by atoms with Gasteiger partial charge in [-0.1, -0.05) is 23.2 Å². The van der Waals surface area contributed by atoms with Gasteiger partial charge in [0.05, 0.1) is 10.0 Å². The molecule has 0 amide bonds. The van der Waals surface area contributed by atoms with Crippen molar-refractivity contribution in [1.29, 1.82) is 0 Å². The van der Waals surface area contributed by atoms with Gasteiger partial charge in [0.15, 0.2) is 5.82 Å². The van der Waals surface area contributed by atoms with Crippen molar-refractivity contribution in [3.05, 3.63) is 28.0 Å². The molecule has 0 saturated carbocycles. The standard InChI is InChI=1S/C10H11Cl2FN2O2S/c11-7-1-2-8(9(12)10(7)13)18(16,17)15-4-3-6(14)5-15/h1-2,6H,3-5,14H2/t6-/m0/s1. The van der Waals surface area contributed by atoms with E-state index in [0.717, 1.165) is 0 Å². The molecule has 0 radical (unpaired) electrons. The molecule has 4 nitrogen and oxygen atoms in total. The lowest BCUT2D eigenvalue weighted by Crippen LogP contribution is -2.32. The monoisotopic (exact) mass is 312 g/mol. The second-order valence-corrected chi connectivity index (χ2v) is 6.78. The van der Waals surface area contributed by atoms with Crippen molar-refractivity contribution in [2.75, 3.05) is 13.1 Å². The second kappa shape index (κ2) is 4.94. The van der Waals surface area contributed by atoms with Gasteiger partial charge in [-0.05, 0) is 18.6 Å². The Balaban J connectivity index is 2.45. The molecule has 1 aliphatic heterocycles. The van der Waals surface area contributed by atoms with Crippen LogP contribution < -0.4 is 5.73 Å². The van der Waals surface area contributed by atoms with Gasteiger partial charge in [-0.25, -0.2) is 12.8 Å². The largest absolute Gasteiger partial charge is 0.326 e. The van der Waals surface area contributed by atoms with E-state index in [4.69, 9.17) is 28.9 Å². The van der Waals surface area contributed by atoms with Crippen LogP contribution in [0.5, 0.6) is 0 Å². The number of nitrogens with two attached hydrogens (primary N) is 1. The molecule has 2 N–H and O–H groups in total. The summed E-state index contributed by atoms with van der Waals surface area (Å²) < 4.78 is 39.2. The van der Waals surface area contributed by atoms with Crippen LogP contribution >= 0.6 is 23.2 Å². The van der Waals surface area contributed by atoms with E-state index in [2.05, 4.69) is 0 Å². The van der Waals surface area contributed by atoms with Gasteiger partial charge in [-0.3, -0.25) is 0 Å². The molecule has 0 unspecified atom stereocenters. The van der Waals surface area contributed by atoms with Crippen molar-refractivity contribution in [1.82, 2.24) is 4.31 Å². The number of rotatable bonds is 2. The fourth-order valence-corrected chi connectivity index (χ4v) is 4.05. The SMILES string of the molecule is N[C@H]1CCN(S(=O)(=O)c2ccc(Cl)c(F)c2Cl)C1. The molecule has 0 spiro atoms. The number of hydrogen-bond donors (Lipinski definition) is 1. The predicted octanol–water partition coefficient (Wildman–Crippen LogP) is 1.85. The first-order valence-electron chi connectivity index (χ1n) is 5.23. The molecule has 1 saturated heterocycles. The topological polar surface area (TPSA) is 63.4 Å². The predicted molar refractivity (Wildman–Crippen MR) is 67.8 cm³/mol. The Bertz CT molecular complexity index is 579. The van der Waals surface area contributed by atoms with E-state index in [9.17, 15) is 12.8 Å². The van der Waals surface area contributed by atoms with Crippen LogP contribution in [0.25, 0.3) is 0 Å². The summed E-state index contributed by atoms with van der Waals surface area (Å²) >= 11 is 11.2. The average molecular weight is 313 g/mol. The van der Waals surface area contributed by atoms with Gasteiger partial charge in [0.25, 0.3) is 0 Å². The van der Waals surface area contributed by atoms with Gasteiger partial charge in [-0.2, -0.15) is 4.31 Å². The van der Waals surface area contributed by atoms with E-state index in [1.807, 2.05) is 0 Å². The maximum Gasteiger partial charge on any atom is 0.244 e. The maximum atomic E-state index is 13.5. The molecule has 18 heavy (non-hydrogen) atoms. The Hall–Kier alpha value is -0.400. The summed E-state index contributed by atoms with van der Waals surface area (Å²) in [4.78, 5) is -0.278. The molecule has 0 bridgehead atoms. The third kappa shape index (κ3) is 2.35. The lowest BCUT2D eigenvalue weighted by Gasteiger charge is -2.17. The fourth-order valence-electron chi connectivity index (χ4n) is 1.82. The molecule has 1 aromatic rings.